The summed E-state index contributed by atoms with van der Waals surface area (Å²) in [5.41, 5.74) is 4.09. The average molecular weight is 365 g/mol. The molecular weight excluding hydrogens is 342 g/mol. The molecule has 1 N–H and O–H groups in total. The highest BCUT2D eigenvalue weighted by atomic mass is 16.5. The van der Waals surface area contributed by atoms with Gasteiger partial charge in [0.25, 0.3) is 0 Å². The number of aromatic nitrogens is 3. The Hall–Kier alpha value is -3.09. The summed E-state index contributed by atoms with van der Waals surface area (Å²) in [4.78, 5) is 18.9. The Balaban J connectivity index is 1.41. The molecule has 0 bridgehead atoms. The van der Waals surface area contributed by atoms with E-state index in [4.69, 9.17) is 4.52 Å². The number of amides is 2. The van der Waals surface area contributed by atoms with Gasteiger partial charge in [0.1, 0.15) is 0 Å². The maximum Gasteiger partial charge on any atom is 0.321 e. The number of anilines is 1. The summed E-state index contributed by atoms with van der Waals surface area (Å²) in [6, 6.07) is 9.74. The van der Waals surface area contributed by atoms with E-state index in [0.29, 0.717) is 24.8 Å². The molecular formula is C20H23N5O2. The van der Waals surface area contributed by atoms with Crippen LogP contribution >= 0.6 is 0 Å². The Labute approximate surface area is 158 Å². The summed E-state index contributed by atoms with van der Waals surface area (Å²) in [5.74, 6) is 1.24. The van der Waals surface area contributed by atoms with E-state index in [2.05, 4.69) is 22.4 Å². The van der Waals surface area contributed by atoms with E-state index in [1.165, 1.54) is 5.56 Å². The Kier molecular flexibility index (Phi) is 4.43. The monoisotopic (exact) mass is 365 g/mol. The fourth-order valence-electron chi connectivity index (χ4n) is 3.37. The third kappa shape index (κ3) is 3.45. The lowest BCUT2D eigenvalue weighted by Gasteiger charge is -2.17. The molecule has 1 aromatic carbocycles. The maximum atomic E-state index is 12.6. The van der Waals surface area contributed by atoms with E-state index >= 15 is 0 Å². The number of benzene rings is 1. The third-order valence-corrected chi connectivity index (χ3v) is 5.20. The lowest BCUT2D eigenvalue weighted by molar-refractivity contribution is 0.221. The summed E-state index contributed by atoms with van der Waals surface area (Å²) in [7, 11) is 1.94. The zero-order valence-electron chi connectivity index (χ0n) is 15.8. The first-order valence-corrected chi connectivity index (χ1v) is 9.10. The van der Waals surface area contributed by atoms with Crippen LogP contribution in [-0.2, 0) is 7.05 Å². The second-order valence-electron chi connectivity index (χ2n) is 7.12. The molecule has 0 spiro atoms. The molecule has 2 amide bonds. The molecule has 3 heterocycles. The molecule has 1 fully saturated rings. The molecule has 0 radical (unpaired) electrons. The van der Waals surface area contributed by atoms with Crippen molar-refractivity contribution in [2.24, 2.45) is 7.05 Å². The van der Waals surface area contributed by atoms with Gasteiger partial charge in [-0.15, -0.1) is 0 Å². The molecule has 27 heavy (non-hydrogen) atoms. The largest absolute Gasteiger partial charge is 0.348 e. The van der Waals surface area contributed by atoms with Crippen LogP contribution in [0.25, 0.3) is 11.5 Å². The van der Waals surface area contributed by atoms with Gasteiger partial charge in [-0.1, -0.05) is 11.2 Å². The topological polar surface area (TPSA) is 76.2 Å². The van der Waals surface area contributed by atoms with Gasteiger partial charge < -0.3 is 19.3 Å². The Morgan fingerprint density at radius 3 is 2.85 bits per heavy atom. The number of nitrogens with zero attached hydrogens (tertiary/aromatic N) is 4. The van der Waals surface area contributed by atoms with Crippen LogP contribution in [0.5, 0.6) is 0 Å². The van der Waals surface area contributed by atoms with Gasteiger partial charge >= 0.3 is 6.03 Å². The fourth-order valence-corrected chi connectivity index (χ4v) is 3.37. The van der Waals surface area contributed by atoms with Crippen molar-refractivity contribution in [1.82, 2.24) is 19.6 Å². The van der Waals surface area contributed by atoms with Crippen LogP contribution in [0.2, 0.25) is 0 Å². The van der Waals surface area contributed by atoms with Gasteiger partial charge in [0.05, 0.1) is 11.6 Å². The fraction of sp³-hybridized carbons (Fsp3) is 0.350. The Morgan fingerprint density at radius 2 is 2.11 bits per heavy atom. The van der Waals surface area contributed by atoms with Crippen molar-refractivity contribution in [3.8, 4) is 11.5 Å². The first-order valence-electron chi connectivity index (χ1n) is 9.10. The number of likely N-dealkylation sites (tertiary alicyclic amines) is 1. The van der Waals surface area contributed by atoms with Crippen molar-refractivity contribution in [1.29, 1.82) is 0 Å². The lowest BCUT2D eigenvalue weighted by atomic mass is 10.1. The molecule has 1 atom stereocenters. The summed E-state index contributed by atoms with van der Waals surface area (Å²) in [6.45, 7) is 5.34. The van der Waals surface area contributed by atoms with E-state index in [1.54, 1.807) is 4.90 Å². The van der Waals surface area contributed by atoms with E-state index in [-0.39, 0.29) is 11.9 Å². The van der Waals surface area contributed by atoms with Crippen molar-refractivity contribution in [2.75, 3.05) is 18.4 Å². The van der Waals surface area contributed by atoms with Gasteiger partial charge in [-0.05, 0) is 55.7 Å². The summed E-state index contributed by atoms with van der Waals surface area (Å²) >= 11 is 0. The highest BCUT2D eigenvalue weighted by Gasteiger charge is 2.31. The van der Waals surface area contributed by atoms with Crippen molar-refractivity contribution < 1.29 is 9.32 Å². The molecule has 0 aliphatic carbocycles. The molecule has 3 aromatic rings. The minimum absolute atomic E-state index is 0.0667. The van der Waals surface area contributed by atoms with Gasteiger partial charge in [-0.2, -0.15) is 4.98 Å². The number of nitrogens with one attached hydrogen (secondary N) is 1. The first kappa shape index (κ1) is 17.3. The number of hydrogen-bond acceptors (Lipinski definition) is 4. The van der Waals surface area contributed by atoms with Crippen LogP contribution in [0.4, 0.5) is 10.5 Å². The molecule has 1 aliphatic rings. The highest BCUT2D eigenvalue weighted by molar-refractivity contribution is 5.89. The number of hydrogen-bond donors (Lipinski definition) is 1. The highest BCUT2D eigenvalue weighted by Crippen LogP contribution is 2.28. The molecule has 2 aromatic heterocycles. The molecule has 1 unspecified atom stereocenters. The minimum Gasteiger partial charge on any atom is -0.348 e. The minimum atomic E-state index is -0.0945. The second-order valence-corrected chi connectivity index (χ2v) is 7.12. The smallest absolute Gasteiger partial charge is 0.321 e. The molecule has 140 valence electrons. The van der Waals surface area contributed by atoms with Crippen LogP contribution < -0.4 is 5.32 Å². The number of carbonyl (C=O) groups excluding carboxylic acids is 1. The standard InChI is InChI=1S/C20H23N5O2/c1-13-6-7-16(11-14(13)2)21-20(26)25-10-8-15(12-25)19-22-18(23-27-19)17-5-4-9-24(17)3/h4-7,9,11,15H,8,10,12H2,1-3H3,(H,21,26). The van der Waals surface area contributed by atoms with E-state index in [1.807, 2.05) is 55.1 Å². The SMILES string of the molecule is Cc1ccc(NC(=O)N2CCC(c3nc(-c4cccn4C)no3)C2)cc1C. The van der Waals surface area contributed by atoms with Crippen molar-refractivity contribution in [3.63, 3.8) is 0 Å². The number of carbonyl (C=O) groups is 1. The average Bonchev–Trinajstić information content (AvgIpc) is 3.37. The van der Waals surface area contributed by atoms with Crippen LogP contribution in [0.1, 0.15) is 29.4 Å². The van der Waals surface area contributed by atoms with Crippen molar-refractivity contribution in [3.05, 3.63) is 53.5 Å². The third-order valence-electron chi connectivity index (χ3n) is 5.20. The van der Waals surface area contributed by atoms with Gasteiger partial charge in [0.2, 0.25) is 11.7 Å². The second kappa shape index (κ2) is 6.90. The Bertz CT molecular complexity index is 974. The summed E-state index contributed by atoms with van der Waals surface area (Å²) < 4.78 is 7.42. The van der Waals surface area contributed by atoms with Crippen molar-refractivity contribution >= 4 is 11.7 Å². The number of aryl methyl sites for hydroxylation is 3. The zero-order valence-corrected chi connectivity index (χ0v) is 15.8. The van der Waals surface area contributed by atoms with Gasteiger partial charge in [-0.3, -0.25) is 0 Å². The van der Waals surface area contributed by atoms with Crippen LogP contribution in [0.3, 0.4) is 0 Å². The van der Waals surface area contributed by atoms with E-state index in [0.717, 1.165) is 23.4 Å². The first-order chi connectivity index (χ1) is 13.0. The number of urea groups is 1. The predicted molar refractivity (Wildman–Crippen MR) is 103 cm³/mol. The number of rotatable bonds is 3. The van der Waals surface area contributed by atoms with E-state index < -0.39 is 0 Å². The zero-order chi connectivity index (χ0) is 19.0. The van der Waals surface area contributed by atoms with E-state index in [9.17, 15) is 4.79 Å². The van der Waals surface area contributed by atoms with Crippen LogP contribution in [-0.4, -0.2) is 38.7 Å². The maximum absolute atomic E-state index is 12.6. The normalized spacial score (nSPS) is 16.7. The Morgan fingerprint density at radius 1 is 1.26 bits per heavy atom. The quantitative estimate of drug-likeness (QED) is 0.768. The predicted octanol–water partition coefficient (Wildman–Crippen LogP) is 3.71. The molecule has 4 rings (SSSR count). The summed E-state index contributed by atoms with van der Waals surface area (Å²) in [5, 5.41) is 7.07. The van der Waals surface area contributed by atoms with Gasteiger partial charge in [0.15, 0.2) is 0 Å². The molecule has 7 heteroatoms. The van der Waals surface area contributed by atoms with Gasteiger partial charge in [0, 0.05) is 32.0 Å². The lowest BCUT2D eigenvalue weighted by Crippen LogP contribution is -2.32. The van der Waals surface area contributed by atoms with Crippen molar-refractivity contribution in [2.45, 2.75) is 26.2 Å². The molecule has 1 aliphatic heterocycles. The molecule has 0 saturated carbocycles. The van der Waals surface area contributed by atoms with Crippen LogP contribution in [0.15, 0.2) is 41.1 Å². The van der Waals surface area contributed by atoms with Gasteiger partial charge in [-0.25, -0.2) is 4.79 Å². The molecule has 7 nitrogen and oxygen atoms in total. The van der Waals surface area contributed by atoms with Crippen LogP contribution in [0, 0.1) is 13.8 Å². The molecule has 1 saturated heterocycles. The summed E-state index contributed by atoms with van der Waals surface area (Å²) in [6.07, 6.45) is 2.76.